The molecule has 2 aromatic heterocycles. The summed E-state index contributed by atoms with van der Waals surface area (Å²) in [7, 11) is 1.59. The Morgan fingerprint density at radius 2 is 1.85 bits per heavy atom. The van der Waals surface area contributed by atoms with Crippen molar-refractivity contribution in [2.45, 2.75) is 5.16 Å². The second-order valence-electron chi connectivity index (χ2n) is 6.91. The van der Waals surface area contributed by atoms with Crippen molar-refractivity contribution >= 4 is 40.6 Å². The average molecular weight is 498 g/mol. The average Bonchev–Trinajstić information content (AvgIpc) is 3.52. The quantitative estimate of drug-likeness (QED) is 0.340. The van der Waals surface area contributed by atoms with Gasteiger partial charge in [0.2, 0.25) is 11.8 Å². The van der Waals surface area contributed by atoms with Crippen molar-refractivity contribution in [3.63, 3.8) is 0 Å². The van der Waals surface area contributed by atoms with E-state index in [1.807, 2.05) is 46.3 Å². The fraction of sp³-hybridized carbons (Fsp3) is 0.130. The number of aromatic nitrogens is 3. The maximum Gasteiger partial charge on any atom is 0.243 e. The second kappa shape index (κ2) is 10.9. The first-order valence-corrected chi connectivity index (χ1v) is 12.0. The van der Waals surface area contributed by atoms with Gasteiger partial charge in [-0.3, -0.25) is 14.2 Å². The molecule has 0 bridgehead atoms. The van der Waals surface area contributed by atoms with Crippen molar-refractivity contribution < 1.29 is 18.7 Å². The Morgan fingerprint density at radius 1 is 1.06 bits per heavy atom. The number of ether oxygens (including phenoxy) is 1. The second-order valence-corrected chi connectivity index (χ2v) is 8.80. The Bertz CT molecular complexity index is 1280. The van der Waals surface area contributed by atoms with Gasteiger partial charge in [0, 0.05) is 5.69 Å². The van der Waals surface area contributed by atoms with Crippen molar-refractivity contribution in [3.8, 4) is 22.1 Å². The molecular weight excluding hydrogens is 477 g/mol. The third kappa shape index (κ3) is 5.61. The van der Waals surface area contributed by atoms with E-state index in [9.17, 15) is 14.0 Å². The molecule has 0 aliphatic carbocycles. The number of para-hydroxylation sites is 2. The summed E-state index contributed by atoms with van der Waals surface area (Å²) in [5, 5.41) is 16.3. The third-order valence-corrected chi connectivity index (χ3v) is 6.40. The minimum Gasteiger partial charge on any atom is -0.495 e. The number of carbonyl (C=O) groups excluding carboxylic acids is 2. The van der Waals surface area contributed by atoms with E-state index in [0.717, 1.165) is 10.6 Å². The molecule has 2 N–H and O–H groups in total. The van der Waals surface area contributed by atoms with Crippen LogP contribution in [0.2, 0.25) is 0 Å². The lowest BCUT2D eigenvalue weighted by atomic mass is 10.3. The van der Waals surface area contributed by atoms with E-state index in [4.69, 9.17) is 4.74 Å². The highest BCUT2D eigenvalue weighted by molar-refractivity contribution is 7.99. The Labute approximate surface area is 203 Å². The summed E-state index contributed by atoms with van der Waals surface area (Å²) >= 11 is 2.73. The molecule has 0 unspecified atom stereocenters. The standard InChI is InChI=1S/C23H20FN5O3S2/c1-32-18-6-3-2-5-17(18)29-22(19-7-4-12-33-19)27-28-23(29)34-14-21(31)25-13-20(30)26-16-10-8-15(24)9-11-16/h2-12H,13-14H2,1H3,(H,25,31)(H,26,30). The van der Waals surface area contributed by atoms with Gasteiger partial charge in [-0.05, 0) is 47.8 Å². The molecule has 4 rings (SSSR count). The van der Waals surface area contributed by atoms with Crippen LogP contribution in [0.1, 0.15) is 0 Å². The number of benzene rings is 2. The molecule has 174 valence electrons. The first-order chi connectivity index (χ1) is 16.5. The molecule has 2 amide bonds. The molecule has 0 aliphatic heterocycles. The van der Waals surface area contributed by atoms with Crippen LogP contribution in [0, 0.1) is 5.82 Å². The molecule has 8 nitrogen and oxygen atoms in total. The van der Waals surface area contributed by atoms with Crippen LogP contribution in [-0.2, 0) is 9.59 Å². The maximum atomic E-state index is 13.0. The van der Waals surface area contributed by atoms with Crippen molar-refractivity contribution in [1.82, 2.24) is 20.1 Å². The molecule has 0 aliphatic rings. The van der Waals surface area contributed by atoms with Crippen LogP contribution in [-0.4, -0.2) is 46.0 Å². The Balaban J connectivity index is 1.43. The van der Waals surface area contributed by atoms with Crippen LogP contribution in [0.15, 0.2) is 71.2 Å². The fourth-order valence-electron chi connectivity index (χ4n) is 3.06. The molecule has 0 radical (unpaired) electrons. The summed E-state index contributed by atoms with van der Waals surface area (Å²) < 4.78 is 20.3. The van der Waals surface area contributed by atoms with Crippen LogP contribution in [0.5, 0.6) is 5.75 Å². The number of thiophene rings is 1. The highest BCUT2D eigenvalue weighted by atomic mass is 32.2. The predicted octanol–water partition coefficient (Wildman–Crippen LogP) is 3.99. The van der Waals surface area contributed by atoms with Crippen LogP contribution in [0.3, 0.4) is 0 Å². The number of rotatable bonds is 9. The third-order valence-electron chi connectivity index (χ3n) is 4.61. The van der Waals surface area contributed by atoms with Gasteiger partial charge in [-0.25, -0.2) is 4.39 Å². The number of carbonyl (C=O) groups is 2. The van der Waals surface area contributed by atoms with E-state index in [0.29, 0.717) is 22.4 Å². The van der Waals surface area contributed by atoms with Crippen molar-refractivity contribution in [1.29, 1.82) is 0 Å². The Morgan fingerprint density at radius 3 is 2.59 bits per heavy atom. The number of methoxy groups -OCH3 is 1. The van der Waals surface area contributed by atoms with Crippen molar-refractivity contribution in [2.24, 2.45) is 0 Å². The number of nitrogens with zero attached hydrogens (tertiary/aromatic N) is 3. The number of amides is 2. The zero-order chi connectivity index (χ0) is 23.9. The van der Waals surface area contributed by atoms with E-state index >= 15 is 0 Å². The topological polar surface area (TPSA) is 98.1 Å². The summed E-state index contributed by atoms with van der Waals surface area (Å²) in [6.45, 7) is -0.212. The van der Waals surface area contributed by atoms with E-state index < -0.39 is 11.7 Å². The fourth-order valence-corrected chi connectivity index (χ4v) is 4.53. The van der Waals surface area contributed by atoms with Crippen LogP contribution in [0.4, 0.5) is 10.1 Å². The highest BCUT2D eigenvalue weighted by Gasteiger charge is 2.20. The van der Waals surface area contributed by atoms with E-state index in [1.54, 1.807) is 7.11 Å². The zero-order valence-corrected chi connectivity index (χ0v) is 19.7. The monoisotopic (exact) mass is 497 g/mol. The SMILES string of the molecule is COc1ccccc1-n1c(SCC(=O)NCC(=O)Nc2ccc(F)cc2)nnc1-c1cccs1. The number of thioether (sulfide) groups is 1. The summed E-state index contributed by atoms with van der Waals surface area (Å²) in [4.78, 5) is 25.4. The van der Waals surface area contributed by atoms with Gasteiger partial charge in [0.05, 0.1) is 30.0 Å². The van der Waals surface area contributed by atoms with Gasteiger partial charge in [0.15, 0.2) is 11.0 Å². The number of nitrogens with one attached hydrogen (secondary N) is 2. The molecule has 0 fully saturated rings. The zero-order valence-electron chi connectivity index (χ0n) is 18.0. The first kappa shape index (κ1) is 23.5. The predicted molar refractivity (Wildman–Crippen MR) is 130 cm³/mol. The van der Waals surface area contributed by atoms with E-state index in [-0.39, 0.29) is 18.2 Å². The Kier molecular flexibility index (Phi) is 7.55. The molecular formula is C23H20FN5O3S2. The van der Waals surface area contributed by atoms with Crippen molar-refractivity contribution in [2.75, 3.05) is 24.7 Å². The maximum absolute atomic E-state index is 13.0. The lowest BCUT2D eigenvalue weighted by molar-refractivity contribution is -0.122. The largest absolute Gasteiger partial charge is 0.495 e. The molecule has 2 aromatic carbocycles. The molecule has 34 heavy (non-hydrogen) atoms. The van der Waals surface area contributed by atoms with Gasteiger partial charge in [-0.15, -0.1) is 21.5 Å². The molecule has 0 spiro atoms. The number of hydrogen-bond acceptors (Lipinski definition) is 7. The molecule has 2 heterocycles. The van der Waals surface area contributed by atoms with Crippen LogP contribution >= 0.6 is 23.1 Å². The van der Waals surface area contributed by atoms with Crippen molar-refractivity contribution in [3.05, 3.63) is 71.9 Å². The summed E-state index contributed by atoms with van der Waals surface area (Å²) in [6, 6.07) is 16.7. The van der Waals surface area contributed by atoms with Gasteiger partial charge >= 0.3 is 0 Å². The molecule has 4 aromatic rings. The lowest BCUT2D eigenvalue weighted by Crippen LogP contribution is -2.33. The number of hydrogen-bond donors (Lipinski definition) is 2. The summed E-state index contributed by atoms with van der Waals surface area (Å²) in [5.41, 5.74) is 1.20. The van der Waals surface area contributed by atoms with Crippen LogP contribution in [0.25, 0.3) is 16.4 Å². The van der Waals surface area contributed by atoms with Gasteiger partial charge in [-0.2, -0.15) is 0 Å². The van der Waals surface area contributed by atoms with E-state index in [2.05, 4.69) is 20.8 Å². The minimum atomic E-state index is -0.415. The smallest absolute Gasteiger partial charge is 0.243 e. The lowest BCUT2D eigenvalue weighted by Gasteiger charge is -2.13. The first-order valence-electron chi connectivity index (χ1n) is 10.1. The van der Waals surface area contributed by atoms with Gasteiger partial charge < -0.3 is 15.4 Å². The minimum absolute atomic E-state index is 0.0293. The summed E-state index contributed by atoms with van der Waals surface area (Å²) in [6.07, 6.45) is 0. The highest BCUT2D eigenvalue weighted by Crippen LogP contribution is 2.33. The molecule has 0 atom stereocenters. The molecule has 0 saturated heterocycles. The van der Waals surface area contributed by atoms with Crippen LogP contribution < -0.4 is 15.4 Å². The summed E-state index contributed by atoms with van der Waals surface area (Å²) in [5.74, 6) is 0.159. The Hall–Kier alpha value is -3.70. The number of halogens is 1. The van der Waals surface area contributed by atoms with Gasteiger partial charge in [0.1, 0.15) is 11.6 Å². The van der Waals surface area contributed by atoms with Gasteiger partial charge in [0.25, 0.3) is 0 Å². The normalized spacial score (nSPS) is 10.6. The molecule has 0 saturated carbocycles. The van der Waals surface area contributed by atoms with Gasteiger partial charge in [-0.1, -0.05) is 30.0 Å². The van der Waals surface area contributed by atoms with E-state index in [1.165, 1.54) is 47.4 Å². The number of anilines is 1. The molecule has 11 heteroatoms.